The predicted octanol–water partition coefficient (Wildman–Crippen LogP) is 19.7. The minimum absolute atomic E-state index is 0.708. The Bertz CT molecular complexity index is 1040. The first-order valence-corrected chi connectivity index (χ1v) is 34.2. The van der Waals surface area contributed by atoms with Crippen molar-refractivity contribution in [2.75, 3.05) is 94.5 Å². The molecule has 3 N–H and O–H groups in total. The molecule has 0 radical (unpaired) electrons. The van der Waals surface area contributed by atoms with Gasteiger partial charge in [0, 0.05) is 19.6 Å². The molecular formula is C66H135N9. The van der Waals surface area contributed by atoms with Crippen LogP contribution in [0.4, 0.5) is 17.8 Å². The van der Waals surface area contributed by atoms with E-state index in [2.05, 4.69) is 72.2 Å². The van der Waals surface area contributed by atoms with Gasteiger partial charge in [0.25, 0.3) is 0 Å². The summed E-state index contributed by atoms with van der Waals surface area (Å²) < 4.78 is 0. The Morgan fingerprint density at radius 2 is 0.347 bits per heavy atom. The summed E-state index contributed by atoms with van der Waals surface area (Å²) in [4.78, 5) is 23.3. The van der Waals surface area contributed by atoms with E-state index in [0.717, 1.165) is 58.5 Å². The Hall–Kier alpha value is -1.71. The van der Waals surface area contributed by atoms with E-state index in [0.29, 0.717) is 17.8 Å². The highest BCUT2D eigenvalue weighted by atomic mass is 15.3. The summed E-state index contributed by atoms with van der Waals surface area (Å²) in [6, 6.07) is 0. The van der Waals surface area contributed by atoms with Crippen molar-refractivity contribution in [2.24, 2.45) is 0 Å². The average molecular weight is 1050 g/mol. The van der Waals surface area contributed by atoms with E-state index in [-0.39, 0.29) is 0 Å². The summed E-state index contributed by atoms with van der Waals surface area (Å²) >= 11 is 0. The van der Waals surface area contributed by atoms with E-state index in [1.54, 1.807) is 0 Å². The number of unbranched alkanes of at least 4 members (excludes halogenated alkanes) is 36. The fourth-order valence-electron chi connectivity index (χ4n) is 10.9. The van der Waals surface area contributed by atoms with Crippen LogP contribution in [0.25, 0.3) is 0 Å². The molecule has 0 amide bonds. The van der Waals surface area contributed by atoms with Gasteiger partial charge in [-0.1, -0.05) is 273 Å². The third-order valence-corrected chi connectivity index (χ3v) is 15.9. The molecule has 1 aromatic heterocycles. The molecule has 9 nitrogen and oxygen atoms in total. The molecule has 0 fully saturated rings. The first-order chi connectivity index (χ1) is 37.1. The highest BCUT2D eigenvalue weighted by Crippen LogP contribution is 2.16. The summed E-state index contributed by atoms with van der Waals surface area (Å²) in [5.41, 5.74) is 0. The topological polar surface area (TPSA) is 84.5 Å². The van der Waals surface area contributed by atoms with E-state index < -0.39 is 0 Å². The van der Waals surface area contributed by atoms with Crippen molar-refractivity contribution >= 4 is 17.8 Å². The first-order valence-electron chi connectivity index (χ1n) is 34.2. The molecule has 1 aromatic rings. The van der Waals surface area contributed by atoms with Crippen LogP contribution >= 0.6 is 0 Å². The molecule has 0 aliphatic heterocycles. The number of nitrogens with zero attached hydrogens (tertiary/aromatic N) is 6. The van der Waals surface area contributed by atoms with Crippen LogP contribution in [0.15, 0.2) is 0 Å². The first kappa shape index (κ1) is 71.3. The van der Waals surface area contributed by atoms with Crippen molar-refractivity contribution in [1.82, 2.24) is 29.7 Å². The lowest BCUT2D eigenvalue weighted by Crippen LogP contribution is -2.29. The average Bonchev–Trinajstić information content (AvgIpc) is 3.42. The maximum Gasteiger partial charge on any atom is 0.229 e. The van der Waals surface area contributed by atoms with Crippen molar-refractivity contribution in [2.45, 2.75) is 330 Å². The number of anilines is 3. The van der Waals surface area contributed by atoms with Gasteiger partial charge in [-0.15, -0.1) is 0 Å². The molecule has 0 saturated carbocycles. The normalized spacial score (nSPS) is 11.8. The molecule has 0 unspecified atom stereocenters. The van der Waals surface area contributed by atoms with Gasteiger partial charge in [0.15, 0.2) is 0 Å². The van der Waals surface area contributed by atoms with Gasteiger partial charge < -0.3 is 30.7 Å². The van der Waals surface area contributed by atoms with Crippen LogP contribution in [-0.2, 0) is 0 Å². The summed E-state index contributed by atoms with van der Waals surface area (Å²) in [5, 5.41) is 11.0. The molecule has 1 heterocycles. The molecule has 0 aliphatic rings. The van der Waals surface area contributed by atoms with Crippen LogP contribution in [0.5, 0.6) is 0 Å². The minimum atomic E-state index is 0.708. The van der Waals surface area contributed by atoms with Crippen molar-refractivity contribution in [3.05, 3.63) is 0 Å². The highest BCUT2D eigenvalue weighted by molar-refractivity contribution is 5.42. The van der Waals surface area contributed by atoms with Crippen LogP contribution in [0.3, 0.4) is 0 Å². The number of hydrogen-bond donors (Lipinski definition) is 3. The molecule has 0 saturated heterocycles. The van der Waals surface area contributed by atoms with Crippen LogP contribution in [-0.4, -0.2) is 108 Å². The quantitative estimate of drug-likeness (QED) is 0.0553. The van der Waals surface area contributed by atoms with E-state index in [9.17, 15) is 0 Å². The van der Waals surface area contributed by atoms with Crippen LogP contribution in [0, 0.1) is 0 Å². The maximum absolute atomic E-state index is 5.00. The molecule has 0 aromatic carbocycles. The molecule has 1 rings (SSSR count). The monoisotopic (exact) mass is 1050 g/mol. The van der Waals surface area contributed by atoms with Gasteiger partial charge in [-0.2, -0.15) is 15.0 Å². The summed E-state index contributed by atoms with van der Waals surface area (Å²) in [6.45, 7) is 27.4. The smallest absolute Gasteiger partial charge is 0.229 e. The van der Waals surface area contributed by atoms with Gasteiger partial charge in [0.05, 0.1) is 0 Å². The van der Waals surface area contributed by atoms with Crippen LogP contribution < -0.4 is 16.0 Å². The number of hydrogen-bond acceptors (Lipinski definition) is 9. The van der Waals surface area contributed by atoms with E-state index in [1.165, 1.54) is 309 Å². The fraction of sp³-hybridized carbons (Fsp3) is 0.955. The lowest BCUT2D eigenvalue weighted by atomic mass is 10.1. The zero-order chi connectivity index (χ0) is 54.0. The zero-order valence-electron chi connectivity index (χ0n) is 52.0. The molecule has 444 valence electrons. The zero-order valence-corrected chi connectivity index (χ0v) is 52.0. The Morgan fingerprint density at radius 3 is 0.520 bits per heavy atom. The van der Waals surface area contributed by atoms with Crippen LogP contribution in [0.2, 0.25) is 0 Å². The number of aromatic nitrogens is 3. The molecular weight excluding hydrogens is 919 g/mol. The third-order valence-electron chi connectivity index (χ3n) is 15.9. The van der Waals surface area contributed by atoms with Crippen molar-refractivity contribution in [3.63, 3.8) is 0 Å². The maximum atomic E-state index is 5.00. The van der Waals surface area contributed by atoms with Crippen LogP contribution in [0.1, 0.15) is 330 Å². The second-order valence-electron chi connectivity index (χ2n) is 23.4. The summed E-state index contributed by atoms with van der Waals surface area (Å²) in [7, 11) is 0. The standard InChI is InChI=1S/C66H135N9/c1-7-13-19-25-31-37-43-55-73(56-44-38-32-26-20-14-8-2)61-49-52-67-64-70-65(68-53-50-62-74(57-45-39-33-27-21-15-9-3)58-46-40-34-28-22-16-10-4)72-66(71-64)69-54-51-63-75(59-47-41-35-29-23-17-11-5)60-48-42-36-30-24-18-12-6/h7-63H2,1-6H3,(H3,67,68,69,70,71,72). The van der Waals surface area contributed by atoms with Crippen molar-refractivity contribution in [3.8, 4) is 0 Å². The largest absolute Gasteiger partial charge is 0.354 e. The lowest BCUT2D eigenvalue weighted by molar-refractivity contribution is 0.259. The molecule has 0 spiro atoms. The highest BCUT2D eigenvalue weighted by Gasteiger charge is 2.12. The second-order valence-corrected chi connectivity index (χ2v) is 23.4. The fourth-order valence-corrected chi connectivity index (χ4v) is 10.9. The van der Waals surface area contributed by atoms with E-state index in [4.69, 9.17) is 15.0 Å². The summed E-state index contributed by atoms with van der Waals surface area (Å²) in [6.07, 6.45) is 61.1. The second kappa shape index (κ2) is 58.4. The number of rotatable bonds is 63. The van der Waals surface area contributed by atoms with Gasteiger partial charge in [-0.3, -0.25) is 0 Å². The molecule has 0 bridgehead atoms. The minimum Gasteiger partial charge on any atom is -0.354 e. The lowest BCUT2D eigenvalue weighted by Gasteiger charge is -2.23. The van der Waals surface area contributed by atoms with Gasteiger partial charge in [0.1, 0.15) is 0 Å². The predicted molar refractivity (Wildman–Crippen MR) is 336 cm³/mol. The Morgan fingerprint density at radius 1 is 0.200 bits per heavy atom. The summed E-state index contributed by atoms with van der Waals surface area (Å²) in [5.74, 6) is 2.12. The molecule has 0 aliphatic carbocycles. The SMILES string of the molecule is CCCCCCCCCN(CCCCCCCCC)CCCNc1nc(NCCCN(CCCCCCCCC)CCCCCCCCC)nc(NCCCN(CCCCCCCCC)CCCCCCCCC)n1. The van der Waals surface area contributed by atoms with Crippen molar-refractivity contribution < 1.29 is 0 Å². The third kappa shape index (κ3) is 49.1. The Labute approximate surface area is 470 Å². The number of nitrogens with one attached hydrogen (secondary N) is 3. The molecule has 9 heteroatoms. The van der Waals surface area contributed by atoms with Gasteiger partial charge >= 0.3 is 0 Å². The molecule has 0 atom stereocenters. The molecule has 75 heavy (non-hydrogen) atoms. The van der Waals surface area contributed by atoms with E-state index in [1.807, 2.05) is 0 Å². The van der Waals surface area contributed by atoms with Gasteiger partial charge in [-0.25, -0.2) is 0 Å². The van der Waals surface area contributed by atoms with Gasteiger partial charge in [-0.05, 0) is 117 Å². The Kier molecular flexibility index (Phi) is 55.6. The Balaban J connectivity index is 3.01. The van der Waals surface area contributed by atoms with Crippen molar-refractivity contribution in [1.29, 1.82) is 0 Å². The van der Waals surface area contributed by atoms with E-state index >= 15 is 0 Å². The van der Waals surface area contributed by atoms with Gasteiger partial charge in [0.2, 0.25) is 17.8 Å².